The van der Waals surface area contributed by atoms with Gasteiger partial charge in [0.05, 0.1) is 5.01 Å². The molecule has 1 aliphatic rings. The monoisotopic (exact) mass is 313 g/mol. The lowest BCUT2D eigenvalue weighted by molar-refractivity contribution is -0.141. The third kappa shape index (κ3) is 3.18. The maximum absolute atomic E-state index is 12.7. The molecule has 0 bridgehead atoms. The quantitative estimate of drug-likeness (QED) is 0.841. The van der Waals surface area contributed by atoms with Crippen LogP contribution in [-0.4, -0.2) is 23.1 Å². The molecule has 1 saturated heterocycles. The molecule has 0 unspecified atom stereocenters. The Labute approximate surface area is 124 Å². The van der Waals surface area contributed by atoms with E-state index in [-0.39, 0.29) is 0 Å². The van der Waals surface area contributed by atoms with E-state index >= 15 is 0 Å². The van der Waals surface area contributed by atoms with E-state index in [9.17, 15) is 13.2 Å². The molecule has 0 saturated carbocycles. The maximum atomic E-state index is 12.7. The summed E-state index contributed by atoms with van der Waals surface area (Å²) in [5, 5.41) is 2.99. The van der Waals surface area contributed by atoms with Gasteiger partial charge in [-0.05, 0) is 25.0 Å². The van der Waals surface area contributed by atoms with E-state index in [2.05, 4.69) is 9.97 Å². The van der Waals surface area contributed by atoms with Crippen molar-refractivity contribution in [3.8, 4) is 0 Å². The summed E-state index contributed by atoms with van der Waals surface area (Å²) in [7, 11) is 0. The van der Waals surface area contributed by atoms with Gasteiger partial charge in [0.2, 0.25) is 0 Å². The van der Waals surface area contributed by atoms with Crippen molar-refractivity contribution < 1.29 is 13.2 Å². The number of alkyl halides is 3. The van der Waals surface area contributed by atoms with Gasteiger partial charge in [-0.25, -0.2) is 4.98 Å². The second kappa shape index (κ2) is 5.63. The molecule has 3 heterocycles. The lowest BCUT2D eigenvalue weighted by Crippen LogP contribution is -2.34. The van der Waals surface area contributed by atoms with Gasteiger partial charge in [-0.2, -0.15) is 13.2 Å². The van der Waals surface area contributed by atoms with Crippen molar-refractivity contribution in [2.45, 2.75) is 24.9 Å². The molecule has 0 aliphatic carbocycles. The van der Waals surface area contributed by atoms with Gasteiger partial charge in [-0.1, -0.05) is 0 Å². The average Bonchev–Trinajstić information content (AvgIpc) is 3.01. The van der Waals surface area contributed by atoms with Crippen LogP contribution in [0.2, 0.25) is 0 Å². The van der Waals surface area contributed by atoms with Crippen molar-refractivity contribution in [1.29, 1.82) is 0 Å². The SMILES string of the molecule is FC(F)(F)c1cc(N2CCC[C@H](c3nccs3)C2)ccn1. The van der Waals surface area contributed by atoms with Crippen LogP contribution in [0.1, 0.15) is 29.5 Å². The zero-order chi connectivity index (χ0) is 14.9. The van der Waals surface area contributed by atoms with Crippen molar-refractivity contribution in [2.75, 3.05) is 18.0 Å². The van der Waals surface area contributed by atoms with Gasteiger partial charge >= 0.3 is 6.18 Å². The summed E-state index contributed by atoms with van der Waals surface area (Å²) in [5.41, 5.74) is -0.255. The first-order chi connectivity index (χ1) is 10.0. The Kier molecular flexibility index (Phi) is 3.84. The van der Waals surface area contributed by atoms with E-state index in [0.717, 1.165) is 30.5 Å². The van der Waals surface area contributed by atoms with Gasteiger partial charge in [0, 0.05) is 42.5 Å². The van der Waals surface area contributed by atoms with E-state index in [1.54, 1.807) is 23.6 Å². The topological polar surface area (TPSA) is 29.0 Å². The van der Waals surface area contributed by atoms with Crippen LogP contribution in [0.15, 0.2) is 29.9 Å². The molecule has 7 heteroatoms. The van der Waals surface area contributed by atoms with Crippen molar-refractivity contribution >= 4 is 17.0 Å². The standard InChI is InChI=1S/C14H14F3N3S/c15-14(16,17)12-8-11(3-4-18-12)20-6-1-2-10(9-20)13-19-5-7-21-13/h3-5,7-8,10H,1-2,6,9H2/t10-/m0/s1. The van der Waals surface area contributed by atoms with Crippen molar-refractivity contribution in [2.24, 2.45) is 0 Å². The first-order valence-corrected chi connectivity index (χ1v) is 7.59. The average molecular weight is 313 g/mol. The minimum Gasteiger partial charge on any atom is -0.371 e. The number of pyridine rings is 1. The summed E-state index contributed by atoms with van der Waals surface area (Å²) in [4.78, 5) is 9.73. The summed E-state index contributed by atoms with van der Waals surface area (Å²) in [6, 6.07) is 2.77. The molecule has 0 radical (unpaired) electrons. The molecule has 2 aromatic rings. The lowest BCUT2D eigenvalue weighted by atomic mass is 9.98. The van der Waals surface area contributed by atoms with Crippen molar-refractivity contribution in [1.82, 2.24) is 9.97 Å². The maximum Gasteiger partial charge on any atom is 0.433 e. The Morgan fingerprint density at radius 3 is 2.81 bits per heavy atom. The van der Waals surface area contributed by atoms with E-state index in [0.29, 0.717) is 18.2 Å². The smallest absolute Gasteiger partial charge is 0.371 e. The van der Waals surface area contributed by atoms with Crippen LogP contribution < -0.4 is 4.90 Å². The molecule has 112 valence electrons. The predicted molar refractivity (Wildman–Crippen MR) is 75.5 cm³/mol. The second-order valence-corrected chi connectivity index (χ2v) is 5.98. The Balaban J connectivity index is 1.80. The predicted octanol–water partition coefficient (Wildman–Crippen LogP) is 3.94. The van der Waals surface area contributed by atoms with Gasteiger partial charge in [0.15, 0.2) is 0 Å². The van der Waals surface area contributed by atoms with Crippen LogP contribution in [0.4, 0.5) is 18.9 Å². The summed E-state index contributed by atoms with van der Waals surface area (Å²) < 4.78 is 38.2. The van der Waals surface area contributed by atoms with E-state index in [4.69, 9.17) is 0 Å². The van der Waals surface area contributed by atoms with Gasteiger partial charge < -0.3 is 4.90 Å². The van der Waals surface area contributed by atoms with Gasteiger partial charge in [0.25, 0.3) is 0 Å². The lowest BCUT2D eigenvalue weighted by Gasteiger charge is -2.33. The van der Waals surface area contributed by atoms with Gasteiger partial charge in [0.1, 0.15) is 5.69 Å². The Hall–Kier alpha value is -1.63. The fraction of sp³-hybridized carbons (Fsp3) is 0.429. The Bertz CT molecular complexity index is 598. The molecule has 0 aromatic carbocycles. The number of anilines is 1. The van der Waals surface area contributed by atoms with E-state index in [1.165, 1.54) is 6.20 Å². The highest BCUT2D eigenvalue weighted by Crippen LogP contribution is 2.33. The molecular weight excluding hydrogens is 299 g/mol. The number of aromatic nitrogens is 2. The number of nitrogens with zero attached hydrogens (tertiary/aromatic N) is 3. The van der Waals surface area contributed by atoms with E-state index in [1.807, 2.05) is 10.3 Å². The van der Waals surface area contributed by atoms with Crippen LogP contribution in [0.5, 0.6) is 0 Å². The molecular formula is C14H14F3N3S. The third-order valence-corrected chi connectivity index (χ3v) is 4.56. The van der Waals surface area contributed by atoms with Crippen molar-refractivity contribution in [3.63, 3.8) is 0 Å². The molecule has 1 atom stereocenters. The molecule has 0 spiro atoms. The van der Waals surface area contributed by atoms with Gasteiger partial charge in [-0.15, -0.1) is 11.3 Å². The summed E-state index contributed by atoms with van der Waals surface area (Å²) in [6.07, 6.45) is 0.577. The van der Waals surface area contributed by atoms with Crippen LogP contribution in [0.3, 0.4) is 0 Å². The molecule has 2 aromatic heterocycles. The summed E-state index contributed by atoms with van der Waals surface area (Å²) >= 11 is 1.60. The number of hydrogen-bond acceptors (Lipinski definition) is 4. The van der Waals surface area contributed by atoms with Crippen LogP contribution in [-0.2, 0) is 6.18 Å². The number of thiazole rings is 1. The minimum absolute atomic E-state index is 0.293. The van der Waals surface area contributed by atoms with Crippen LogP contribution in [0.25, 0.3) is 0 Å². The normalized spacial score (nSPS) is 19.8. The summed E-state index contributed by atoms with van der Waals surface area (Å²) in [6.45, 7) is 1.47. The highest BCUT2D eigenvalue weighted by atomic mass is 32.1. The molecule has 0 amide bonds. The summed E-state index contributed by atoms with van der Waals surface area (Å²) in [5.74, 6) is 0.293. The van der Waals surface area contributed by atoms with Crippen molar-refractivity contribution in [3.05, 3.63) is 40.6 Å². The second-order valence-electron chi connectivity index (χ2n) is 5.05. The molecule has 0 N–H and O–H groups in total. The van der Waals surface area contributed by atoms with E-state index < -0.39 is 11.9 Å². The van der Waals surface area contributed by atoms with Gasteiger partial charge in [-0.3, -0.25) is 4.98 Å². The fourth-order valence-corrected chi connectivity index (χ4v) is 3.39. The Morgan fingerprint density at radius 1 is 1.24 bits per heavy atom. The number of rotatable bonds is 2. The highest BCUT2D eigenvalue weighted by molar-refractivity contribution is 7.09. The molecule has 1 aliphatic heterocycles. The number of hydrogen-bond donors (Lipinski definition) is 0. The largest absolute Gasteiger partial charge is 0.433 e. The zero-order valence-electron chi connectivity index (χ0n) is 11.2. The first kappa shape index (κ1) is 14.3. The molecule has 21 heavy (non-hydrogen) atoms. The number of piperidine rings is 1. The first-order valence-electron chi connectivity index (χ1n) is 6.71. The highest BCUT2D eigenvalue weighted by Gasteiger charge is 2.33. The molecule has 1 fully saturated rings. The van der Waals surface area contributed by atoms with Crippen LogP contribution in [0, 0.1) is 0 Å². The number of halogens is 3. The Morgan fingerprint density at radius 2 is 2.10 bits per heavy atom. The minimum atomic E-state index is -4.40. The fourth-order valence-electron chi connectivity index (χ4n) is 2.62. The molecule has 3 rings (SSSR count). The molecule has 3 nitrogen and oxygen atoms in total. The van der Waals surface area contributed by atoms with Crippen LogP contribution >= 0.6 is 11.3 Å². The third-order valence-electron chi connectivity index (χ3n) is 3.62. The zero-order valence-corrected chi connectivity index (χ0v) is 12.0.